The van der Waals surface area contributed by atoms with Gasteiger partial charge in [-0.25, -0.2) is 0 Å². The number of carbonyl (C=O) groups is 2. The standard InChI is InChI=1S/C30H36N4O4/c1-4-22(2)31-30(36)25-20-23(32-29(35)21-38-24-10-6-5-7-11-24)14-15-26(25)33-16-18-34(19-17-33)27-12-8-9-13-28(27)37-3/h5-15,20,22H,4,16-19,21H2,1-3H3,(H,31,36)(H,32,35). The Kier molecular flexibility index (Phi) is 9.08. The van der Waals surface area contributed by atoms with Crippen LogP contribution in [0.15, 0.2) is 72.8 Å². The van der Waals surface area contributed by atoms with Gasteiger partial charge in [-0.3, -0.25) is 9.59 Å². The fourth-order valence-corrected chi connectivity index (χ4v) is 4.42. The Morgan fingerprint density at radius 1 is 0.895 bits per heavy atom. The number of nitrogens with one attached hydrogen (secondary N) is 2. The van der Waals surface area contributed by atoms with Gasteiger partial charge >= 0.3 is 0 Å². The fraction of sp³-hybridized carbons (Fsp3) is 0.333. The molecule has 1 atom stereocenters. The van der Waals surface area contributed by atoms with Crippen molar-refractivity contribution in [3.63, 3.8) is 0 Å². The number of methoxy groups -OCH3 is 1. The second-order valence-corrected chi connectivity index (χ2v) is 9.31. The smallest absolute Gasteiger partial charge is 0.262 e. The largest absolute Gasteiger partial charge is 0.495 e. The normalized spacial score (nSPS) is 14.0. The third-order valence-electron chi connectivity index (χ3n) is 6.67. The number of ether oxygens (including phenoxy) is 2. The van der Waals surface area contributed by atoms with Crippen molar-refractivity contribution in [1.29, 1.82) is 0 Å². The van der Waals surface area contributed by atoms with E-state index in [0.29, 0.717) is 17.0 Å². The van der Waals surface area contributed by atoms with Gasteiger partial charge in [0.1, 0.15) is 11.5 Å². The molecule has 1 fully saturated rings. The molecule has 1 heterocycles. The average Bonchev–Trinajstić information content (AvgIpc) is 2.96. The van der Waals surface area contributed by atoms with Crippen LogP contribution >= 0.6 is 0 Å². The van der Waals surface area contributed by atoms with Crippen LogP contribution in [0.3, 0.4) is 0 Å². The van der Waals surface area contributed by atoms with E-state index in [9.17, 15) is 9.59 Å². The molecule has 4 rings (SSSR count). The van der Waals surface area contributed by atoms with E-state index in [-0.39, 0.29) is 24.5 Å². The highest BCUT2D eigenvalue weighted by molar-refractivity contribution is 6.02. The summed E-state index contributed by atoms with van der Waals surface area (Å²) in [4.78, 5) is 30.4. The molecule has 1 saturated heterocycles. The molecule has 200 valence electrons. The Balaban J connectivity index is 1.48. The van der Waals surface area contributed by atoms with Crippen LogP contribution in [0.4, 0.5) is 17.1 Å². The number of carbonyl (C=O) groups excluding carboxylic acids is 2. The van der Waals surface area contributed by atoms with E-state index in [1.165, 1.54) is 0 Å². The Bertz CT molecular complexity index is 1230. The molecule has 0 bridgehead atoms. The Hall–Kier alpha value is -4.20. The van der Waals surface area contributed by atoms with Crippen LogP contribution in [-0.4, -0.2) is 57.8 Å². The summed E-state index contributed by atoms with van der Waals surface area (Å²) in [6.45, 7) is 6.98. The van der Waals surface area contributed by atoms with E-state index >= 15 is 0 Å². The molecule has 2 N–H and O–H groups in total. The summed E-state index contributed by atoms with van der Waals surface area (Å²) in [7, 11) is 1.69. The first kappa shape index (κ1) is 26.9. The van der Waals surface area contributed by atoms with Crippen LogP contribution in [0.5, 0.6) is 11.5 Å². The molecule has 1 aliphatic heterocycles. The number of benzene rings is 3. The van der Waals surface area contributed by atoms with Gasteiger partial charge in [0.2, 0.25) is 0 Å². The summed E-state index contributed by atoms with van der Waals surface area (Å²) in [5.41, 5.74) is 3.01. The molecule has 0 aromatic heterocycles. The molecule has 38 heavy (non-hydrogen) atoms. The first-order valence-corrected chi connectivity index (χ1v) is 13.0. The Labute approximate surface area is 224 Å². The summed E-state index contributed by atoms with van der Waals surface area (Å²) in [6.07, 6.45) is 0.825. The van der Waals surface area contributed by atoms with Crippen LogP contribution in [0.2, 0.25) is 0 Å². The number of para-hydroxylation sites is 3. The van der Waals surface area contributed by atoms with Crippen molar-refractivity contribution in [2.24, 2.45) is 0 Å². The summed E-state index contributed by atoms with van der Waals surface area (Å²) in [6, 6.07) is 22.7. The quantitative estimate of drug-likeness (QED) is 0.411. The van der Waals surface area contributed by atoms with Gasteiger partial charge < -0.3 is 29.9 Å². The zero-order valence-electron chi connectivity index (χ0n) is 22.3. The zero-order valence-corrected chi connectivity index (χ0v) is 22.3. The second kappa shape index (κ2) is 12.9. The zero-order chi connectivity index (χ0) is 26.9. The first-order valence-electron chi connectivity index (χ1n) is 13.0. The topological polar surface area (TPSA) is 83.1 Å². The van der Waals surface area contributed by atoms with Crippen molar-refractivity contribution in [2.45, 2.75) is 26.3 Å². The van der Waals surface area contributed by atoms with Gasteiger partial charge in [-0.15, -0.1) is 0 Å². The Morgan fingerprint density at radius 2 is 1.55 bits per heavy atom. The predicted octanol–water partition coefficient (Wildman–Crippen LogP) is 4.57. The minimum Gasteiger partial charge on any atom is -0.495 e. The maximum Gasteiger partial charge on any atom is 0.262 e. The minimum absolute atomic E-state index is 0.0373. The molecule has 0 radical (unpaired) electrons. The highest BCUT2D eigenvalue weighted by Crippen LogP contribution is 2.31. The van der Waals surface area contributed by atoms with Gasteiger partial charge in [0.05, 0.1) is 18.4 Å². The molecule has 0 aliphatic carbocycles. The molecular formula is C30H36N4O4. The second-order valence-electron chi connectivity index (χ2n) is 9.31. The minimum atomic E-state index is -0.291. The summed E-state index contributed by atoms with van der Waals surface area (Å²) in [5, 5.41) is 5.93. The number of amides is 2. The SMILES string of the molecule is CCC(C)NC(=O)c1cc(NC(=O)COc2ccccc2)ccc1N1CCN(c2ccccc2OC)CC1. The van der Waals surface area contributed by atoms with E-state index in [2.05, 4.69) is 26.5 Å². The van der Waals surface area contributed by atoms with Crippen molar-refractivity contribution in [3.8, 4) is 11.5 Å². The average molecular weight is 517 g/mol. The van der Waals surface area contributed by atoms with E-state index in [4.69, 9.17) is 9.47 Å². The monoisotopic (exact) mass is 516 g/mol. The van der Waals surface area contributed by atoms with E-state index in [1.54, 1.807) is 25.3 Å². The molecule has 2 amide bonds. The lowest BCUT2D eigenvalue weighted by Gasteiger charge is -2.38. The van der Waals surface area contributed by atoms with Crippen LogP contribution in [0.1, 0.15) is 30.6 Å². The molecular weight excluding hydrogens is 480 g/mol. The van der Waals surface area contributed by atoms with Crippen LogP contribution in [0, 0.1) is 0 Å². The number of piperazine rings is 1. The van der Waals surface area contributed by atoms with Crippen molar-refractivity contribution in [3.05, 3.63) is 78.4 Å². The highest BCUT2D eigenvalue weighted by atomic mass is 16.5. The van der Waals surface area contributed by atoms with Crippen LogP contribution in [0.25, 0.3) is 0 Å². The lowest BCUT2D eigenvalue weighted by molar-refractivity contribution is -0.118. The molecule has 3 aromatic rings. The highest BCUT2D eigenvalue weighted by Gasteiger charge is 2.24. The van der Waals surface area contributed by atoms with Gasteiger partial charge in [-0.05, 0) is 55.8 Å². The van der Waals surface area contributed by atoms with E-state index < -0.39 is 0 Å². The molecule has 8 nitrogen and oxygen atoms in total. The molecule has 1 unspecified atom stereocenters. The summed E-state index contributed by atoms with van der Waals surface area (Å²) >= 11 is 0. The van der Waals surface area contributed by atoms with Gasteiger partial charge in [-0.1, -0.05) is 37.3 Å². The van der Waals surface area contributed by atoms with Crippen molar-refractivity contribution >= 4 is 28.9 Å². The predicted molar refractivity (Wildman–Crippen MR) is 152 cm³/mol. The maximum atomic E-state index is 13.3. The van der Waals surface area contributed by atoms with Crippen molar-refractivity contribution in [1.82, 2.24) is 5.32 Å². The molecule has 1 aliphatic rings. The molecule has 0 saturated carbocycles. The summed E-state index contributed by atoms with van der Waals surface area (Å²) < 4.78 is 11.1. The third-order valence-corrected chi connectivity index (χ3v) is 6.67. The van der Waals surface area contributed by atoms with Crippen molar-refractivity contribution in [2.75, 3.05) is 55.0 Å². The van der Waals surface area contributed by atoms with Gasteiger partial charge in [0.25, 0.3) is 11.8 Å². The fourth-order valence-electron chi connectivity index (χ4n) is 4.42. The van der Waals surface area contributed by atoms with Crippen LogP contribution in [-0.2, 0) is 4.79 Å². The number of anilines is 3. The first-order chi connectivity index (χ1) is 18.5. The number of hydrogen-bond acceptors (Lipinski definition) is 6. The van der Waals surface area contributed by atoms with E-state index in [1.807, 2.05) is 62.4 Å². The molecule has 8 heteroatoms. The Morgan fingerprint density at radius 3 is 2.24 bits per heavy atom. The number of rotatable bonds is 10. The van der Waals surface area contributed by atoms with Gasteiger partial charge in [0, 0.05) is 43.6 Å². The maximum absolute atomic E-state index is 13.3. The van der Waals surface area contributed by atoms with Gasteiger partial charge in [0.15, 0.2) is 6.61 Å². The third kappa shape index (κ3) is 6.76. The lowest BCUT2D eigenvalue weighted by Crippen LogP contribution is -2.47. The summed E-state index contributed by atoms with van der Waals surface area (Å²) in [5.74, 6) is 1.03. The molecule has 3 aromatic carbocycles. The van der Waals surface area contributed by atoms with Crippen LogP contribution < -0.4 is 29.9 Å². The lowest BCUT2D eigenvalue weighted by atomic mass is 10.1. The van der Waals surface area contributed by atoms with E-state index in [0.717, 1.165) is 49.7 Å². The number of hydrogen-bond donors (Lipinski definition) is 2. The van der Waals surface area contributed by atoms with Crippen molar-refractivity contribution < 1.29 is 19.1 Å². The number of nitrogens with zero attached hydrogens (tertiary/aromatic N) is 2. The van der Waals surface area contributed by atoms with Gasteiger partial charge in [-0.2, -0.15) is 0 Å². The molecule has 0 spiro atoms.